The van der Waals surface area contributed by atoms with Crippen molar-refractivity contribution in [3.8, 4) is 0 Å². The zero-order valence-corrected chi connectivity index (χ0v) is 10.3. The molecular formula is C12H15FO2S. The summed E-state index contributed by atoms with van der Waals surface area (Å²) in [6.45, 7) is 6.02. The van der Waals surface area contributed by atoms with Crippen LogP contribution < -0.4 is 0 Å². The van der Waals surface area contributed by atoms with Gasteiger partial charge in [0.25, 0.3) is 0 Å². The summed E-state index contributed by atoms with van der Waals surface area (Å²) in [4.78, 5) is 11.2. The van der Waals surface area contributed by atoms with Crippen LogP contribution in [0.1, 0.15) is 31.1 Å². The Bertz CT molecular complexity index is 391. The zero-order valence-electron chi connectivity index (χ0n) is 9.53. The fourth-order valence-corrected chi connectivity index (χ4v) is 2.23. The van der Waals surface area contributed by atoms with Gasteiger partial charge in [0.05, 0.1) is 10.5 Å². The summed E-state index contributed by atoms with van der Waals surface area (Å²) < 4.78 is 13.6. The fourth-order valence-electron chi connectivity index (χ4n) is 1.12. The molecule has 0 aliphatic heterocycles. The van der Waals surface area contributed by atoms with Gasteiger partial charge in [0.1, 0.15) is 5.82 Å². The first-order valence-electron chi connectivity index (χ1n) is 5.12. The van der Waals surface area contributed by atoms with Crippen molar-refractivity contribution in [1.82, 2.24) is 0 Å². The standard InChI is InChI=1S/C12H15FO2S/c1-7(2)8(3)16-11-9(12(14)15)5-4-6-10(11)13/h4-8H,1-3H3,(H,14,15). The Labute approximate surface area is 98.9 Å². The van der Waals surface area contributed by atoms with Crippen molar-refractivity contribution in [2.75, 3.05) is 0 Å². The van der Waals surface area contributed by atoms with Crippen LogP contribution in [-0.2, 0) is 0 Å². The number of thioether (sulfide) groups is 1. The van der Waals surface area contributed by atoms with Crippen LogP contribution in [0.15, 0.2) is 23.1 Å². The van der Waals surface area contributed by atoms with E-state index in [-0.39, 0.29) is 15.7 Å². The quantitative estimate of drug-likeness (QED) is 0.819. The SMILES string of the molecule is CC(C)C(C)Sc1c(F)cccc1C(=O)O. The topological polar surface area (TPSA) is 37.3 Å². The van der Waals surface area contributed by atoms with Crippen molar-refractivity contribution in [2.24, 2.45) is 5.92 Å². The van der Waals surface area contributed by atoms with Gasteiger partial charge in [0.15, 0.2) is 0 Å². The van der Waals surface area contributed by atoms with Gasteiger partial charge in [-0.1, -0.05) is 26.8 Å². The van der Waals surface area contributed by atoms with E-state index >= 15 is 0 Å². The lowest BCUT2D eigenvalue weighted by atomic mass is 10.2. The van der Waals surface area contributed by atoms with Gasteiger partial charge in [0.2, 0.25) is 0 Å². The summed E-state index contributed by atoms with van der Waals surface area (Å²) >= 11 is 1.28. The molecule has 16 heavy (non-hydrogen) atoms. The highest BCUT2D eigenvalue weighted by Gasteiger charge is 2.18. The molecule has 1 rings (SSSR count). The summed E-state index contributed by atoms with van der Waals surface area (Å²) in [6.07, 6.45) is 0. The molecule has 1 N–H and O–H groups in total. The number of hydrogen-bond donors (Lipinski definition) is 1. The van der Waals surface area contributed by atoms with Crippen molar-refractivity contribution in [1.29, 1.82) is 0 Å². The molecule has 0 amide bonds. The predicted octanol–water partition coefficient (Wildman–Crippen LogP) is 3.66. The molecule has 0 fully saturated rings. The third-order valence-corrected chi connectivity index (χ3v) is 4.01. The number of carbonyl (C=O) groups is 1. The van der Waals surface area contributed by atoms with E-state index < -0.39 is 11.8 Å². The molecule has 1 aromatic rings. The predicted molar refractivity (Wildman–Crippen MR) is 63.5 cm³/mol. The number of hydrogen-bond acceptors (Lipinski definition) is 2. The molecule has 1 atom stereocenters. The first-order chi connectivity index (χ1) is 7.43. The summed E-state index contributed by atoms with van der Waals surface area (Å²) in [5, 5.41) is 9.14. The Hall–Kier alpha value is -1.03. The van der Waals surface area contributed by atoms with Crippen molar-refractivity contribution >= 4 is 17.7 Å². The van der Waals surface area contributed by atoms with Crippen LogP contribution >= 0.6 is 11.8 Å². The minimum absolute atomic E-state index is 0.0394. The van der Waals surface area contributed by atoms with Crippen LogP contribution in [0, 0.1) is 11.7 Å². The van der Waals surface area contributed by atoms with Crippen LogP contribution in [0.2, 0.25) is 0 Å². The maximum Gasteiger partial charge on any atom is 0.336 e. The normalized spacial score (nSPS) is 12.8. The Balaban J connectivity index is 3.06. The molecule has 2 nitrogen and oxygen atoms in total. The molecule has 0 saturated carbocycles. The highest BCUT2D eigenvalue weighted by Crippen LogP contribution is 2.32. The first kappa shape index (κ1) is 13.0. The van der Waals surface area contributed by atoms with Gasteiger partial charge < -0.3 is 5.11 Å². The van der Waals surface area contributed by atoms with E-state index in [0.717, 1.165) is 0 Å². The molecule has 88 valence electrons. The van der Waals surface area contributed by atoms with Crippen LogP contribution in [0.25, 0.3) is 0 Å². The lowest BCUT2D eigenvalue weighted by Crippen LogP contribution is -2.08. The smallest absolute Gasteiger partial charge is 0.336 e. The number of halogens is 1. The van der Waals surface area contributed by atoms with E-state index in [9.17, 15) is 9.18 Å². The molecule has 0 radical (unpaired) electrons. The van der Waals surface area contributed by atoms with Gasteiger partial charge in [-0.3, -0.25) is 0 Å². The third kappa shape index (κ3) is 2.98. The van der Waals surface area contributed by atoms with Crippen molar-refractivity contribution < 1.29 is 14.3 Å². The molecule has 1 aromatic carbocycles. The average Bonchev–Trinajstić information content (AvgIpc) is 2.20. The van der Waals surface area contributed by atoms with Gasteiger partial charge in [0, 0.05) is 5.25 Å². The Morgan fingerprint density at radius 3 is 2.50 bits per heavy atom. The highest BCUT2D eigenvalue weighted by molar-refractivity contribution is 8.00. The van der Waals surface area contributed by atoms with E-state index in [1.165, 1.54) is 30.0 Å². The van der Waals surface area contributed by atoms with E-state index in [0.29, 0.717) is 5.92 Å². The maximum atomic E-state index is 13.6. The molecule has 0 bridgehead atoms. The summed E-state index contributed by atoms with van der Waals surface area (Å²) in [5.41, 5.74) is 0.0394. The molecule has 0 spiro atoms. The number of rotatable bonds is 4. The van der Waals surface area contributed by atoms with Gasteiger partial charge in [-0.05, 0) is 18.1 Å². The second kappa shape index (κ2) is 5.34. The molecule has 0 heterocycles. The van der Waals surface area contributed by atoms with Gasteiger partial charge in [-0.2, -0.15) is 0 Å². The molecule has 0 aromatic heterocycles. The lowest BCUT2D eigenvalue weighted by molar-refractivity contribution is 0.0692. The van der Waals surface area contributed by atoms with E-state index in [1.54, 1.807) is 0 Å². The van der Waals surface area contributed by atoms with Crippen molar-refractivity contribution in [3.63, 3.8) is 0 Å². The van der Waals surface area contributed by atoms with Crippen LogP contribution in [0.5, 0.6) is 0 Å². The monoisotopic (exact) mass is 242 g/mol. The molecule has 1 unspecified atom stereocenters. The minimum Gasteiger partial charge on any atom is -0.478 e. The van der Waals surface area contributed by atoms with E-state index in [1.807, 2.05) is 20.8 Å². The minimum atomic E-state index is -1.09. The number of carboxylic acids is 1. The lowest BCUT2D eigenvalue weighted by Gasteiger charge is -2.16. The van der Waals surface area contributed by atoms with Crippen LogP contribution in [0.4, 0.5) is 4.39 Å². The van der Waals surface area contributed by atoms with Gasteiger partial charge >= 0.3 is 5.97 Å². The summed E-state index contributed by atoms with van der Waals surface area (Å²) in [6, 6.07) is 4.14. The van der Waals surface area contributed by atoms with Crippen LogP contribution in [0.3, 0.4) is 0 Å². The Morgan fingerprint density at radius 1 is 1.38 bits per heavy atom. The van der Waals surface area contributed by atoms with E-state index in [2.05, 4.69) is 0 Å². The van der Waals surface area contributed by atoms with Crippen LogP contribution in [-0.4, -0.2) is 16.3 Å². The number of carboxylic acid groups (broad SMARTS) is 1. The largest absolute Gasteiger partial charge is 0.478 e. The first-order valence-corrected chi connectivity index (χ1v) is 6.00. The Kier molecular flexibility index (Phi) is 4.35. The molecule has 4 heteroatoms. The summed E-state index contributed by atoms with van der Waals surface area (Å²) in [5.74, 6) is -1.18. The molecular weight excluding hydrogens is 227 g/mol. The second-order valence-electron chi connectivity index (χ2n) is 3.99. The fraction of sp³-hybridized carbons (Fsp3) is 0.417. The number of aromatic carboxylic acids is 1. The highest BCUT2D eigenvalue weighted by atomic mass is 32.2. The molecule has 0 aliphatic carbocycles. The number of benzene rings is 1. The third-order valence-electron chi connectivity index (χ3n) is 2.44. The van der Waals surface area contributed by atoms with Crippen molar-refractivity contribution in [3.05, 3.63) is 29.6 Å². The Morgan fingerprint density at radius 2 is 2.00 bits per heavy atom. The zero-order chi connectivity index (χ0) is 12.3. The van der Waals surface area contributed by atoms with Gasteiger partial charge in [-0.25, -0.2) is 9.18 Å². The van der Waals surface area contributed by atoms with Crippen molar-refractivity contribution in [2.45, 2.75) is 30.9 Å². The van der Waals surface area contributed by atoms with Gasteiger partial charge in [-0.15, -0.1) is 11.8 Å². The second-order valence-corrected chi connectivity index (χ2v) is 5.38. The summed E-state index contributed by atoms with van der Waals surface area (Å²) in [7, 11) is 0. The van der Waals surface area contributed by atoms with E-state index in [4.69, 9.17) is 5.11 Å². The molecule has 0 aliphatic rings. The maximum absolute atomic E-state index is 13.6. The average molecular weight is 242 g/mol. The molecule has 0 saturated heterocycles.